The summed E-state index contributed by atoms with van der Waals surface area (Å²) in [4.78, 5) is 23.0. The average Bonchev–Trinajstić information content (AvgIpc) is 3.00. The Balaban J connectivity index is 1.89. The highest BCUT2D eigenvalue weighted by atomic mass is 79.9. The Morgan fingerprint density at radius 1 is 1.14 bits per heavy atom. The number of carbonyl (C=O) groups is 2. The minimum atomic E-state index is -0.562. The molecule has 0 aromatic heterocycles. The van der Waals surface area contributed by atoms with Gasteiger partial charge in [0.15, 0.2) is 11.5 Å². The van der Waals surface area contributed by atoms with Crippen LogP contribution in [0.5, 0.6) is 11.5 Å². The number of hydrogen-bond donors (Lipinski definition) is 2. The number of nitrogens with zero attached hydrogens (tertiary/aromatic N) is 1. The number of benzene rings is 2. The SMILES string of the molecule is CCOc1cc(/C=C2/NC(=O)NC2=O)c(Br)cc1OCc1ccccc1C#N. The summed E-state index contributed by atoms with van der Waals surface area (Å²) in [7, 11) is 0. The van der Waals surface area contributed by atoms with Gasteiger partial charge in [-0.15, -0.1) is 0 Å². The number of hydrogen-bond acceptors (Lipinski definition) is 5. The predicted octanol–water partition coefficient (Wildman–Crippen LogP) is 3.48. The molecule has 1 heterocycles. The first-order valence-electron chi connectivity index (χ1n) is 8.43. The van der Waals surface area contributed by atoms with Gasteiger partial charge >= 0.3 is 6.03 Å². The molecule has 0 unspecified atom stereocenters. The summed E-state index contributed by atoms with van der Waals surface area (Å²) in [6.45, 7) is 2.47. The fourth-order valence-corrected chi connectivity index (χ4v) is 3.03. The number of ether oxygens (including phenoxy) is 2. The molecule has 2 aromatic rings. The molecule has 0 spiro atoms. The number of nitrogens with one attached hydrogen (secondary N) is 2. The zero-order valence-electron chi connectivity index (χ0n) is 14.9. The molecule has 1 aliphatic rings. The van der Waals surface area contributed by atoms with Crippen LogP contribution in [0.3, 0.4) is 0 Å². The van der Waals surface area contributed by atoms with E-state index in [2.05, 4.69) is 32.6 Å². The maximum absolute atomic E-state index is 11.7. The van der Waals surface area contributed by atoms with Crippen LogP contribution in [-0.4, -0.2) is 18.5 Å². The maximum atomic E-state index is 11.7. The molecule has 0 bridgehead atoms. The van der Waals surface area contributed by atoms with Crippen molar-refractivity contribution in [3.8, 4) is 17.6 Å². The number of nitriles is 1. The van der Waals surface area contributed by atoms with Crippen LogP contribution < -0.4 is 20.1 Å². The number of carbonyl (C=O) groups excluding carboxylic acids is 2. The Hall–Kier alpha value is -3.31. The van der Waals surface area contributed by atoms with Gasteiger partial charge in [0.2, 0.25) is 0 Å². The van der Waals surface area contributed by atoms with Crippen molar-refractivity contribution in [2.75, 3.05) is 6.61 Å². The van der Waals surface area contributed by atoms with Crippen molar-refractivity contribution in [3.05, 3.63) is 63.3 Å². The monoisotopic (exact) mass is 441 g/mol. The molecular weight excluding hydrogens is 426 g/mol. The second kappa shape index (κ2) is 8.59. The van der Waals surface area contributed by atoms with Gasteiger partial charge in [-0.25, -0.2) is 4.79 Å². The summed E-state index contributed by atoms with van der Waals surface area (Å²) in [6.07, 6.45) is 1.54. The third-order valence-electron chi connectivity index (χ3n) is 3.90. The molecule has 28 heavy (non-hydrogen) atoms. The quantitative estimate of drug-likeness (QED) is 0.527. The average molecular weight is 442 g/mol. The van der Waals surface area contributed by atoms with Gasteiger partial charge in [0.1, 0.15) is 12.3 Å². The van der Waals surface area contributed by atoms with Gasteiger partial charge < -0.3 is 14.8 Å². The van der Waals surface area contributed by atoms with Crippen molar-refractivity contribution in [1.29, 1.82) is 5.26 Å². The topological polar surface area (TPSA) is 100 Å². The Morgan fingerprint density at radius 3 is 2.57 bits per heavy atom. The lowest BCUT2D eigenvalue weighted by Gasteiger charge is -2.14. The van der Waals surface area contributed by atoms with Gasteiger partial charge in [0.25, 0.3) is 5.91 Å². The molecule has 1 fully saturated rings. The van der Waals surface area contributed by atoms with Crippen molar-refractivity contribution in [3.63, 3.8) is 0 Å². The van der Waals surface area contributed by atoms with Gasteiger partial charge in [0.05, 0.1) is 18.2 Å². The molecular formula is C20H16BrN3O4. The molecule has 142 valence electrons. The molecule has 7 nitrogen and oxygen atoms in total. The summed E-state index contributed by atoms with van der Waals surface area (Å²) in [5.74, 6) is 0.476. The number of urea groups is 1. The summed E-state index contributed by atoms with van der Waals surface area (Å²) >= 11 is 3.45. The van der Waals surface area contributed by atoms with Crippen LogP contribution in [0.25, 0.3) is 6.08 Å². The maximum Gasteiger partial charge on any atom is 0.326 e. The van der Waals surface area contributed by atoms with Crippen LogP contribution in [0.2, 0.25) is 0 Å². The van der Waals surface area contributed by atoms with E-state index in [-0.39, 0.29) is 12.3 Å². The normalized spacial score (nSPS) is 14.4. The summed E-state index contributed by atoms with van der Waals surface area (Å²) in [6, 6.07) is 12.2. The van der Waals surface area contributed by atoms with E-state index < -0.39 is 11.9 Å². The largest absolute Gasteiger partial charge is 0.490 e. The molecule has 2 N–H and O–H groups in total. The Bertz CT molecular complexity index is 1010. The molecule has 0 radical (unpaired) electrons. The van der Waals surface area contributed by atoms with Crippen LogP contribution >= 0.6 is 15.9 Å². The van der Waals surface area contributed by atoms with E-state index in [4.69, 9.17) is 9.47 Å². The lowest BCUT2D eigenvalue weighted by molar-refractivity contribution is -0.115. The van der Waals surface area contributed by atoms with E-state index in [9.17, 15) is 14.9 Å². The van der Waals surface area contributed by atoms with Crippen LogP contribution in [0.15, 0.2) is 46.6 Å². The summed E-state index contributed by atoms with van der Waals surface area (Å²) < 4.78 is 12.2. The molecule has 0 saturated carbocycles. The number of amides is 3. The highest BCUT2D eigenvalue weighted by molar-refractivity contribution is 9.10. The Labute approximate surface area is 170 Å². The Morgan fingerprint density at radius 2 is 1.89 bits per heavy atom. The summed E-state index contributed by atoms with van der Waals surface area (Å²) in [5.41, 5.74) is 2.09. The second-order valence-corrected chi connectivity index (χ2v) is 6.63. The van der Waals surface area contributed by atoms with Crippen molar-refractivity contribution in [2.24, 2.45) is 0 Å². The minimum absolute atomic E-state index is 0.143. The molecule has 3 amide bonds. The molecule has 0 aliphatic carbocycles. The fraction of sp³-hybridized carbons (Fsp3) is 0.150. The van der Waals surface area contributed by atoms with Gasteiger partial charge in [-0.05, 0) is 36.8 Å². The van der Waals surface area contributed by atoms with Crippen LogP contribution in [-0.2, 0) is 11.4 Å². The fourth-order valence-electron chi connectivity index (χ4n) is 2.59. The first-order valence-corrected chi connectivity index (χ1v) is 9.22. The molecule has 3 rings (SSSR count). The highest BCUT2D eigenvalue weighted by Crippen LogP contribution is 2.35. The van der Waals surface area contributed by atoms with Gasteiger partial charge in [0, 0.05) is 10.0 Å². The number of halogens is 1. The molecule has 0 atom stereocenters. The molecule has 1 saturated heterocycles. The van der Waals surface area contributed by atoms with Crippen molar-refractivity contribution in [1.82, 2.24) is 10.6 Å². The molecule has 8 heteroatoms. The van der Waals surface area contributed by atoms with Crippen LogP contribution in [0.4, 0.5) is 4.79 Å². The zero-order valence-corrected chi connectivity index (χ0v) is 16.5. The Kier molecular flexibility index (Phi) is 5.96. The van der Waals surface area contributed by atoms with E-state index >= 15 is 0 Å². The van der Waals surface area contributed by atoms with Gasteiger partial charge in [-0.1, -0.05) is 34.1 Å². The van der Waals surface area contributed by atoms with Gasteiger partial charge in [-0.3, -0.25) is 10.1 Å². The smallest absolute Gasteiger partial charge is 0.326 e. The van der Waals surface area contributed by atoms with Crippen molar-refractivity contribution < 1.29 is 19.1 Å². The lowest BCUT2D eigenvalue weighted by Crippen LogP contribution is -2.22. The third-order valence-corrected chi connectivity index (χ3v) is 4.59. The van der Waals surface area contributed by atoms with Crippen molar-refractivity contribution in [2.45, 2.75) is 13.5 Å². The molecule has 1 aliphatic heterocycles. The van der Waals surface area contributed by atoms with Crippen molar-refractivity contribution >= 4 is 33.9 Å². The predicted molar refractivity (Wildman–Crippen MR) is 105 cm³/mol. The van der Waals surface area contributed by atoms with E-state index in [0.717, 1.165) is 5.56 Å². The first kappa shape index (κ1) is 19.5. The van der Waals surface area contributed by atoms with E-state index in [1.165, 1.54) is 0 Å². The number of imide groups is 1. The lowest BCUT2D eigenvalue weighted by atomic mass is 10.1. The highest BCUT2D eigenvalue weighted by Gasteiger charge is 2.23. The third kappa shape index (κ3) is 4.32. The molecule has 2 aromatic carbocycles. The van der Waals surface area contributed by atoms with E-state index in [1.807, 2.05) is 19.1 Å². The van der Waals surface area contributed by atoms with Crippen LogP contribution in [0.1, 0.15) is 23.6 Å². The number of rotatable bonds is 6. The van der Waals surface area contributed by atoms with E-state index in [0.29, 0.717) is 33.7 Å². The zero-order chi connectivity index (χ0) is 20.1. The second-order valence-electron chi connectivity index (χ2n) is 5.78. The van der Waals surface area contributed by atoms with E-state index in [1.54, 1.807) is 30.3 Å². The first-order chi connectivity index (χ1) is 13.5. The summed E-state index contributed by atoms with van der Waals surface area (Å²) in [5, 5.41) is 13.8. The standard InChI is InChI=1S/C20H16BrN3O4/c1-2-27-17-8-14(7-16-19(25)24-20(26)23-16)15(21)9-18(17)28-11-13-6-4-3-5-12(13)10-22/h3-9H,2,11H2,1H3,(H2,23,24,25,26)/b16-7+. The van der Waals surface area contributed by atoms with Crippen LogP contribution in [0, 0.1) is 11.3 Å². The van der Waals surface area contributed by atoms with Gasteiger partial charge in [-0.2, -0.15) is 5.26 Å². The minimum Gasteiger partial charge on any atom is -0.490 e.